The average molecular weight is 224 g/mol. The molecule has 1 aromatic rings. The Bertz CT molecular complexity index is 336. The summed E-state index contributed by atoms with van der Waals surface area (Å²) in [5.41, 5.74) is 3.10. The van der Waals surface area contributed by atoms with Gasteiger partial charge in [0, 0.05) is 4.47 Å². The molecule has 0 heterocycles. The lowest BCUT2D eigenvalue weighted by Gasteiger charge is -2.06. The molecule has 1 nitrogen and oxygen atoms in total. The number of nitrogens with zero attached hydrogens (tertiary/aromatic N) is 1. The zero-order chi connectivity index (χ0) is 9.14. The van der Waals surface area contributed by atoms with Crippen LogP contribution in [0.3, 0.4) is 0 Å². The third-order valence-corrected chi connectivity index (χ3v) is 2.76. The maximum atomic E-state index is 8.76. The summed E-state index contributed by atoms with van der Waals surface area (Å²) in [7, 11) is 0. The Hall–Kier alpha value is -0.810. The summed E-state index contributed by atoms with van der Waals surface area (Å²) in [6.07, 6.45) is 0.960. The molecule has 12 heavy (non-hydrogen) atoms. The minimum absolute atomic E-state index is 0.773. The summed E-state index contributed by atoms with van der Waals surface area (Å²) in [5.74, 6) is 0. The highest BCUT2D eigenvalue weighted by Crippen LogP contribution is 2.23. The van der Waals surface area contributed by atoms with Crippen LogP contribution in [0.1, 0.15) is 23.6 Å². The van der Waals surface area contributed by atoms with E-state index in [4.69, 9.17) is 5.26 Å². The molecule has 0 bridgehead atoms. The van der Waals surface area contributed by atoms with Gasteiger partial charge in [0.15, 0.2) is 0 Å². The third-order valence-electron chi connectivity index (χ3n) is 2.02. The van der Waals surface area contributed by atoms with Gasteiger partial charge in [-0.05, 0) is 36.6 Å². The van der Waals surface area contributed by atoms with Crippen molar-refractivity contribution in [3.8, 4) is 6.07 Å². The second-order valence-electron chi connectivity index (χ2n) is 2.66. The molecule has 0 N–H and O–H groups in total. The third kappa shape index (κ3) is 1.51. The Kier molecular flexibility index (Phi) is 2.88. The first-order chi connectivity index (χ1) is 5.70. The highest BCUT2D eigenvalue weighted by Gasteiger charge is 2.05. The van der Waals surface area contributed by atoms with Crippen LogP contribution in [0.5, 0.6) is 0 Å². The van der Waals surface area contributed by atoms with Crippen LogP contribution in [-0.4, -0.2) is 0 Å². The Balaban J connectivity index is 3.36. The van der Waals surface area contributed by atoms with E-state index in [9.17, 15) is 0 Å². The highest BCUT2D eigenvalue weighted by atomic mass is 79.9. The normalized spacial score (nSPS) is 9.50. The van der Waals surface area contributed by atoms with Gasteiger partial charge in [0.1, 0.15) is 0 Å². The van der Waals surface area contributed by atoms with Crippen molar-refractivity contribution >= 4 is 15.9 Å². The second-order valence-corrected chi connectivity index (χ2v) is 3.52. The predicted molar refractivity (Wildman–Crippen MR) is 53.0 cm³/mol. The van der Waals surface area contributed by atoms with Gasteiger partial charge in [-0.3, -0.25) is 0 Å². The molecule has 2 heteroatoms. The van der Waals surface area contributed by atoms with Crippen LogP contribution in [0.15, 0.2) is 16.6 Å². The van der Waals surface area contributed by atoms with Gasteiger partial charge in [-0.2, -0.15) is 5.26 Å². The lowest BCUT2D eigenvalue weighted by Crippen LogP contribution is -1.91. The lowest BCUT2D eigenvalue weighted by atomic mass is 10.0. The van der Waals surface area contributed by atoms with Crippen molar-refractivity contribution in [1.82, 2.24) is 0 Å². The second kappa shape index (κ2) is 3.73. The van der Waals surface area contributed by atoms with Crippen molar-refractivity contribution in [1.29, 1.82) is 5.26 Å². The van der Waals surface area contributed by atoms with Gasteiger partial charge in [0.2, 0.25) is 0 Å². The van der Waals surface area contributed by atoms with Gasteiger partial charge in [0.05, 0.1) is 11.6 Å². The molecule has 0 amide bonds. The number of nitriles is 1. The van der Waals surface area contributed by atoms with Crippen LogP contribution < -0.4 is 0 Å². The smallest absolute Gasteiger partial charge is 0.0994 e. The van der Waals surface area contributed by atoms with E-state index in [1.165, 1.54) is 5.56 Å². The van der Waals surface area contributed by atoms with Crippen molar-refractivity contribution < 1.29 is 0 Å². The largest absolute Gasteiger partial charge is 0.192 e. The van der Waals surface area contributed by atoms with Gasteiger partial charge >= 0.3 is 0 Å². The molecule has 0 unspecified atom stereocenters. The first-order valence-corrected chi connectivity index (χ1v) is 4.68. The fourth-order valence-corrected chi connectivity index (χ4v) is 1.99. The SMILES string of the molecule is CCc1c(Br)ccc(C#N)c1C. The summed E-state index contributed by atoms with van der Waals surface area (Å²) in [6, 6.07) is 5.96. The molecule has 1 rings (SSSR count). The van der Waals surface area contributed by atoms with E-state index in [-0.39, 0.29) is 0 Å². The first kappa shape index (κ1) is 9.28. The summed E-state index contributed by atoms with van der Waals surface area (Å²) in [6.45, 7) is 4.08. The molecule has 0 saturated heterocycles. The van der Waals surface area contributed by atoms with Crippen LogP contribution in [0.2, 0.25) is 0 Å². The van der Waals surface area contributed by atoms with Crippen LogP contribution >= 0.6 is 15.9 Å². The molecule has 0 saturated carbocycles. The van der Waals surface area contributed by atoms with Gasteiger partial charge in [0.25, 0.3) is 0 Å². The standard InChI is InChI=1S/C10H10BrN/c1-3-9-7(2)8(6-12)4-5-10(9)11/h4-5H,3H2,1-2H3. The summed E-state index contributed by atoms with van der Waals surface area (Å²) in [5, 5.41) is 8.76. The highest BCUT2D eigenvalue weighted by molar-refractivity contribution is 9.10. The van der Waals surface area contributed by atoms with Crippen LogP contribution in [-0.2, 0) is 6.42 Å². The lowest BCUT2D eigenvalue weighted by molar-refractivity contribution is 1.09. The number of rotatable bonds is 1. The zero-order valence-corrected chi connectivity index (χ0v) is 8.77. The number of halogens is 1. The van der Waals surface area contributed by atoms with Crippen molar-refractivity contribution in [3.05, 3.63) is 33.3 Å². The average Bonchev–Trinajstić information content (AvgIpc) is 2.06. The molecule has 0 aliphatic carbocycles. The summed E-state index contributed by atoms with van der Waals surface area (Å²) in [4.78, 5) is 0. The van der Waals surface area contributed by atoms with Crippen LogP contribution in [0.4, 0.5) is 0 Å². The monoisotopic (exact) mass is 223 g/mol. The molecule has 0 fully saturated rings. The van der Waals surface area contributed by atoms with Crippen molar-refractivity contribution in [2.24, 2.45) is 0 Å². The van der Waals surface area contributed by atoms with Crippen molar-refractivity contribution in [2.75, 3.05) is 0 Å². The van der Waals surface area contributed by atoms with E-state index in [2.05, 4.69) is 28.9 Å². The topological polar surface area (TPSA) is 23.8 Å². The van der Waals surface area contributed by atoms with E-state index >= 15 is 0 Å². The number of hydrogen-bond acceptors (Lipinski definition) is 1. The molecule has 1 aromatic carbocycles. The molecule has 0 aliphatic heterocycles. The molecule has 62 valence electrons. The van der Waals surface area contributed by atoms with E-state index < -0.39 is 0 Å². The van der Waals surface area contributed by atoms with E-state index in [1.807, 2.05) is 19.1 Å². The quantitative estimate of drug-likeness (QED) is 0.718. The summed E-state index contributed by atoms with van der Waals surface area (Å²) < 4.78 is 1.10. The molecule has 0 spiro atoms. The number of hydrogen-bond donors (Lipinski definition) is 0. The maximum Gasteiger partial charge on any atom is 0.0994 e. The Morgan fingerprint density at radius 3 is 2.67 bits per heavy atom. The zero-order valence-electron chi connectivity index (χ0n) is 7.19. The molecule has 0 aromatic heterocycles. The van der Waals surface area contributed by atoms with Gasteiger partial charge < -0.3 is 0 Å². The molecular formula is C10H10BrN. The van der Waals surface area contributed by atoms with Gasteiger partial charge in [-0.1, -0.05) is 22.9 Å². The van der Waals surface area contributed by atoms with Gasteiger partial charge in [-0.25, -0.2) is 0 Å². The molecular weight excluding hydrogens is 214 g/mol. The number of benzene rings is 1. The Morgan fingerprint density at radius 1 is 1.50 bits per heavy atom. The van der Waals surface area contributed by atoms with E-state index in [0.29, 0.717) is 0 Å². The maximum absolute atomic E-state index is 8.76. The fraction of sp³-hybridized carbons (Fsp3) is 0.300. The van der Waals surface area contributed by atoms with Crippen LogP contribution in [0, 0.1) is 18.3 Å². The Labute approximate surface area is 81.2 Å². The molecule has 0 radical (unpaired) electrons. The summed E-state index contributed by atoms with van der Waals surface area (Å²) >= 11 is 3.46. The fourth-order valence-electron chi connectivity index (χ4n) is 1.28. The van der Waals surface area contributed by atoms with Crippen molar-refractivity contribution in [2.45, 2.75) is 20.3 Å². The van der Waals surface area contributed by atoms with E-state index in [1.54, 1.807) is 0 Å². The first-order valence-electron chi connectivity index (χ1n) is 3.88. The van der Waals surface area contributed by atoms with Crippen molar-refractivity contribution in [3.63, 3.8) is 0 Å². The minimum atomic E-state index is 0.773. The van der Waals surface area contributed by atoms with Crippen LogP contribution in [0.25, 0.3) is 0 Å². The predicted octanol–water partition coefficient (Wildman–Crippen LogP) is 3.19. The minimum Gasteiger partial charge on any atom is -0.192 e. The molecule has 0 atom stereocenters. The Morgan fingerprint density at radius 2 is 2.17 bits per heavy atom. The molecule has 0 aliphatic rings. The van der Waals surface area contributed by atoms with Gasteiger partial charge in [-0.15, -0.1) is 0 Å². The van der Waals surface area contributed by atoms with E-state index in [0.717, 1.165) is 22.0 Å².